The molecule has 0 saturated carbocycles. The third-order valence-electron chi connectivity index (χ3n) is 3.83. The molecule has 0 aliphatic rings. The predicted octanol–water partition coefficient (Wildman–Crippen LogP) is 4.11. The smallest absolute Gasteiger partial charge is 0.326 e. The number of rotatable bonds is 5. The number of methoxy groups -OCH3 is 2. The van der Waals surface area contributed by atoms with Gasteiger partial charge in [0.2, 0.25) is 5.82 Å². The van der Waals surface area contributed by atoms with Gasteiger partial charge in [0.1, 0.15) is 0 Å². The van der Waals surface area contributed by atoms with E-state index < -0.39 is 0 Å². The first-order valence-corrected chi connectivity index (χ1v) is 7.51. The number of nitrogens with zero attached hydrogens (tertiary/aromatic N) is 2. The van der Waals surface area contributed by atoms with Crippen molar-refractivity contribution in [2.45, 2.75) is 13.8 Å². The first-order chi connectivity index (χ1) is 11.6. The molecule has 0 fully saturated rings. The Hall–Kier alpha value is -3.02. The van der Waals surface area contributed by atoms with Crippen molar-refractivity contribution in [3.8, 4) is 22.9 Å². The summed E-state index contributed by atoms with van der Waals surface area (Å²) in [4.78, 5) is 4.37. The molecule has 0 amide bonds. The number of benzene rings is 2. The Bertz CT molecular complexity index is 858. The first-order valence-electron chi connectivity index (χ1n) is 7.51. The standard InChI is InChI=1S/C18H19N3O3/c1-11-5-7-14(9-12(11)2)19-18-20-17(21-24-18)13-6-8-15(22-3)16(10-13)23-4/h5-10H,1-4H3,(H,19,20,21). The molecule has 0 unspecified atom stereocenters. The van der Waals surface area contributed by atoms with Crippen LogP contribution in [0.2, 0.25) is 0 Å². The van der Waals surface area contributed by atoms with Crippen molar-refractivity contribution >= 4 is 11.7 Å². The number of aryl methyl sites for hydroxylation is 2. The Morgan fingerprint density at radius 1 is 0.917 bits per heavy atom. The molecule has 0 aliphatic heterocycles. The molecule has 0 atom stereocenters. The van der Waals surface area contributed by atoms with Crippen LogP contribution in [0.1, 0.15) is 11.1 Å². The van der Waals surface area contributed by atoms with Crippen molar-refractivity contribution in [1.82, 2.24) is 10.1 Å². The van der Waals surface area contributed by atoms with Gasteiger partial charge in [0.15, 0.2) is 11.5 Å². The summed E-state index contributed by atoms with van der Waals surface area (Å²) in [5.74, 6) is 1.74. The highest BCUT2D eigenvalue weighted by Crippen LogP contribution is 2.31. The molecular formula is C18H19N3O3. The normalized spacial score (nSPS) is 10.5. The van der Waals surface area contributed by atoms with Crippen molar-refractivity contribution < 1.29 is 14.0 Å². The Labute approximate surface area is 140 Å². The number of hydrogen-bond donors (Lipinski definition) is 1. The largest absolute Gasteiger partial charge is 0.493 e. The van der Waals surface area contributed by atoms with Gasteiger partial charge in [-0.25, -0.2) is 0 Å². The second-order valence-electron chi connectivity index (χ2n) is 5.42. The monoisotopic (exact) mass is 325 g/mol. The van der Waals surface area contributed by atoms with Crippen LogP contribution >= 0.6 is 0 Å². The van der Waals surface area contributed by atoms with E-state index in [4.69, 9.17) is 14.0 Å². The van der Waals surface area contributed by atoms with Crippen LogP contribution in [0.15, 0.2) is 40.9 Å². The third kappa shape index (κ3) is 3.17. The molecule has 124 valence electrons. The van der Waals surface area contributed by atoms with Gasteiger partial charge in [-0.2, -0.15) is 4.98 Å². The molecule has 0 aliphatic carbocycles. The summed E-state index contributed by atoms with van der Waals surface area (Å²) >= 11 is 0. The minimum Gasteiger partial charge on any atom is -0.493 e. The summed E-state index contributed by atoms with van der Waals surface area (Å²) < 4.78 is 15.8. The van der Waals surface area contributed by atoms with E-state index in [1.54, 1.807) is 20.3 Å². The third-order valence-corrected chi connectivity index (χ3v) is 3.83. The molecule has 6 nitrogen and oxygen atoms in total. The van der Waals surface area contributed by atoms with E-state index >= 15 is 0 Å². The zero-order chi connectivity index (χ0) is 17.1. The van der Waals surface area contributed by atoms with E-state index in [1.807, 2.05) is 30.3 Å². The fraction of sp³-hybridized carbons (Fsp3) is 0.222. The van der Waals surface area contributed by atoms with Gasteiger partial charge in [0.05, 0.1) is 14.2 Å². The quantitative estimate of drug-likeness (QED) is 0.761. The molecule has 0 bridgehead atoms. The lowest BCUT2D eigenvalue weighted by atomic mass is 10.1. The summed E-state index contributed by atoms with van der Waals surface area (Å²) in [5.41, 5.74) is 4.11. The minimum atomic E-state index is 0.336. The number of anilines is 2. The van der Waals surface area contributed by atoms with Crippen molar-refractivity contribution in [1.29, 1.82) is 0 Å². The van der Waals surface area contributed by atoms with Crippen LogP contribution in [-0.2, 0) is 0 Å². The molecule has 3 rings (SSSR count). The van der Waals surface area contributed by atoms with Crippen LogP contribution < -0.4 is 14.8 Å². The Balaban J connectivity index is 1.83. The summed E-state index contributed by atoms with van der Waals surface area (Å²) in [6.45, 7) is 4.13. The lowest BCUT2D eigenvalue weighted by molar-refractivity contribution is 0.355. The van der Waals surface area contributed by atoms with Gasteiger partial charge < -0.3 is 19.3 Å². The second kappa shape index (κ2) is 6.62. The summed E-state index contributed by atoms with van der Waals surface area (Å²) in [5, 5.41) is 7.13. The fourth-order valence-corrected chi connectivity index (χ4v) is 2.31. The number of ether oxygens (including phenoxy) is 2. The molecule has 24 heavy (non-hydrogen) atoms. The van der Waals surface area contributed by atoms with Gasteiger partial charge >= 0.3 is 6.01 Å². The average molecular weight is 325 g/mol. The molecule has 1 N–H and O–H groups in total. The van der Waals surface area contributed by atoms with Gasteiger partial charge in [0, 0.05) is 11.3 Å². The molecule has 6 heteroatoms. The minimum absolute atomic E-state index is 0.336. The molecular weight excluding hydrogens is 306 g/mol. The lowest BCUT2D eigenvalue weighted by Crippen LogP contribution is -1.93. The van der Waals surface area contributed by atoms with E-state index in [0.29, 0.717) is 23.3 Å². The van der Waals surface area contributed by atoms with Gasteiger partial charge in [-0.15, -0.1) is 0 Å². The maximum Gasteiger partial charge on any atom is 0.326 e. The SMILES string of the molecule is COc1ccc(-c2noc(Nc3ccc(C)c(C)c3)n2)cc1OC. The summed E-state index contributed by atoms with van der Waals surface area (Å²) in [6.07, 6.45) is 0. The van der Waals surface area contributed by atoms with Gasteiger partial charge in [-0.3, -0.25) is 0 Å². The zero-order valence-corrected chi connectivity index (χ0v) is 14.1. The number of aromatic nitrogens is 2. The zero-order valence-electron chi connectivity index (χ0n) is 14.1. The van der Waals surface area contributed by atoms with Crippen LogP contribution in [0, 0.1) is 13.8 Å². The topological polar surface area (TPSA) is 69.4 Å². The van der Waals surface area contributed by atoms with E-state index in [9.17, 15) is 0 Å². The predicted molar refractivity (Wildman–Crippen MR) is 92.0 cm³/mol. The van der Waals surface area contributed by atoms with Gasteiger partial charge in [0.25, 0.3) is 0 Å². The van der Waals surface area contributed by atoms with Crippen LogP contribution in [0.25, 0.3) is 11.4 Å². The van der Waals surface area contributed by atoms with Crippen LogP contribution in [0.4, 0.5) is 11.7 Å². The molecule has 1 aromatic heterocycles. The highest BCUT2D eigenvalue weighted by molar-refractivity contribution is 5.62. The molecule has 3 aromatic rings. The van der Waals surface area contributed by atoms with Gasteiger partial charge in [-0.1, -0.05) is 11.2 Å². The van der Waals surface area contributed by atoms with Crippen LogP contribution in [0.3, 0.4) is 0 Å². The highest BCUT2D eigenvalue weighted by Gasteiger charge is 2.12. The van der Waals surface area contributed by atoms with E-state index in [1.165, 1.54) is 11.1 Å². The Kier molecular flexibility index (Phi) is 4.37. The van der Waals surface area contributed by atoms with Gasteiger partial charge in [-0.05, 0) is 55.3 Å². The molecule has 0 radical (unpaired) electrons. The number of nitrogens with one attached hydrogen (secondary N) is 1. The lowest BCUT2D eigenvalue weighted by Gasteiger charge is -2.07. The molecule has 2 aromatic carbocycles. The Morgan fingerprint density at radius 2 is 1.71 bits per heavy atom. The molecule has 0 spiro atoms. The second-order valence-corrected chi connectivity index (χ2v) is 5.42. The molecule has 1 heterocycles. The first kappa shape index (κ1) is 15.9. The average Bonchev–Trinajstić information content (AvgIpc) is 3.06. The van der Waals surface area contributed by atoms with Crippen molar-refractivity contribution in [3.63, 3.8) is 0 Å². The van der Waals surface area contributed by atoms with E-state index in [-0.39, 0.29) is 0 Å². The van der Waals surface area contributed by atoms with Crippen molar-refractivity contribution in [2.24, 2.45) is 0 Å². The highest BCUT2D eigenvalue weighted by atomic mass is 16.5. The van der Waals surface area contributed by atoms with E-state index in [0.717, 1.165) is 11.3 Å². The fourth-order valence-electron chi connectivity index (χ4n) is 2.31. The maximum absolute atomic E-state index is 5.30. The summed E-state index contributed by atoms with van der Waals surface area (Å²) in [7, 11) is 3.18. The van der Waals surface area contributed by atoms with Crippen molar-refractivity contribution in [2.75, 3.05) is 19.5 Å². The molecule has 0 saturated heterocycles. The van der Waals surface area contributed by atoms with Crippen molar-refractivity contribution in [3.05, 3.63) is 47.5 Å². The maximum atomic E-state index is 5.30. The van der Waals surface area contributed by atoms with Crippen LogP contribution in [-0.4, -0.2) is 24.4 Å². The Morgan fingerprint density at radius 3 is 2.42 bits per heavy atom. The van der Waals surface area contributed by atoms with E-state index in [2.05, 4.69) is 29.3 Å². The number of hydrogen-bond acceptors (Lipinski definition) is 6. The summed E-state index contributed by atoms with van der Waals surface area (Å²) in [6, 6.07) is 11.9. The van der Waals surface area contributed by atoms with Crippen LogP contribution in [0.5, 0.6) is 11.5 Å².